The first kappa shape index (κ1) is 13.6. The van der Waals surface area contributed by atoms with Crippen molar-refractivity contribution in [3.8, 4) is 0 Å². The first-order valence-electron chi connectivity index (χ1n) is 5.78. The van der Waals surface area contributed by atoms with Crippen LogP contribution >= 0.6 is 0 Å². The average Bonchev–Trinajstić information content (AvgIpc) is 2.44. The molecule has 0 saturated heterocycles. The fourth-order valence-corrected chi connectivity index (χ4v) is 1.70. The van der Waals surface area contributed by atoms with Gasteiger partial charge >= 0.3 is 11.7 Å². The highest BCUT2D eigenvalue weighted by Crippen LogP contribution is 2.07. The minimum absolute atomic E-state index is 0.0317. The van der Waals surface area contributed by atoms with Crippen LogP contribution in [0.3, 0.4) is 0 Å². The number of nitrogens with two attached hydrogens (primary N) is 1. The molecule has 0 aliphatic rings. The molecule has 1 heterocycles. The van der Waals surface area contributed by atoms with E-state index in [9.17, 15) is 14.4 Å². The summed E-state index contributed by atoms with van der Waals surface area (Å²) in [6.07, 6.45) is 1.29. The Kier molecular flexibility index (Phi) is 3.69. The van der Waals surface area contributed by atoms with E-state index in [0.29, 0.717) is 5.56 Å². The van der Waals surface area contributed by atoms with Crippen molar-refractivity contribution in [1.29, 1.82) is 0 Å². The molecular formula is C13H13N3O4. The lowest BCUT2D eigenvalue weighted by Gasteiger charge is -2.06. The molecule has 1 aromatic carbocycles. The van der Waals surface area contributed by atoms with E-state index in [0.717, 1.165) is 5.56 Å². The van der Waals surface area contributed by atoms with Gasteiger partial charge in [0.05, 0.1) is 19.2 Å². The zero-order valence-corrected chi connectivity index (χ0v) is 10.8. The van der Waals surface area contributed by atoms with Gasteiger partial charge < -0.3 is 10.5 Å². The van der Waals surface area contributed by atoms with Gasteiger partial charge in [0.15, 0.2) is 0 Å². The number of rotatable bonds is 3. The van der Waals surface area contributed by atoms with Gasteiger partial charge in [0, 0.05) is 6.20 Å². The van der Waals surface area contributed by atoms with E-state index in [1.807, 2.05) is 0 Å². The molecule has 0 amide bonds. The zero-order valence-electron chi connectivity index (χ0n) is 10.8. The summed E-state index contributed by atoms with van der Waals surface area (Å²) in [7, 11) is 1.30. The molecule has 7 heteroatoms. The third-order valence-electron chi connectivity index (χ3n) is 2.77. The summed E-state index contributed by atoms with van der Waals surface area (Å²) in [4.78, 5) is 36.2. The Morgan fingerprint density at radius 3 is 2.55 bits per heavy atom. The Labute approximate surface area is 113 Å². The fraction of sp³-hybridized carbons (Fsp3) is 0.154. The monoisotopic (exact) mass is 275 g/mol. The summed E-state index contributed by atoms with van der Waals surface area (Å²) >= 11 is 0. The highest BCUT2D eigenvalue weighted by Gasteiger charge is 2.06. The number of hydrogen-bond donors (Lipinski definition) is 2. The van der Waals surface area contributed by atoms with Crippen molar-refractivity contribution < 1.29 is 9.53 Å². The second-order valence-corrected chi connectivity index (χ2v) is 4.16. The lowest BCUT2D eigenvalue weighted by atomic mass is 10.1. The van der Waals surface area contributed by atoms with Gasteiger partial charge in [-0.2, -0.15) is 0 Å². The van der Waals surface area contributed by atoms with E-state index in [-0.39, 0.29) is 12.2 Å². The summed E-state index contributed by atoms with van der Waals surface area (Å²) in [5.41, 5.74) is 5.49. The van der Waals surface area contributed by atoms with E-state index >= 15 is 0 Å². The lowest BCUT2D eigenvalue weighted by molar-refractivity contribution is 0.0600. The Hall–Kier alpha value is -2.83. The van der Waals surface area contributed by atoms with Gasteiger partial charge in [0.2, 0.25) is 0 Å². The van der Waals surface area contributed by atoms with E-state index in [1.165, 1.54) is 17.9 Å². The van der Waals surface area contributed by atoms with Crippen molar-refractivity contribution >= 4 is 11.7 Å². The number of nitrogens with one attached hydrogen (secondary N) is 1. The Morgan fingerprint density at radius 1 is 1.30 bits per heavy atom. The summed E-state index contributed by atoms with van der Waals surface area (Å²) in [5.74, 6) is -0.429. The van der Waals surface area contributed by atoms with E-state index in [1.54, 1.807) is 24.3 Å². The number of nitrogens with zero attached hydrogens (tertiary/aromatic N) is 1. The van der Waals surface area contributed by atoms with Crippen LogP contribution in [0.25, 0.3) is 0 Å². The van der Waals surface area contributed by atoms with Crippen LogP contribution in [0.2, 0.25) is 0 Å². The van der Waals surface area contributed by atoms with E-state index in [2.05, 4.69) is 9.72 Å². The molecule has 0 radical (unpaired) electrons. The Bertz CT molecular complexity index is 743. The minimum atomic E-state index is -0.604. The molecule has 0 fully saturated rings. The van der Waals surface area contributed by atoms with Crippen LogP contribution in [0.15, 0.2) is 40.1 Å². The number of anilines is 1. The molecule has 0 atom stereocenters. The van der Waals surface area contributed by atoms with E-state index in [4.69, 9.17) is 5.73 Å². The quantitative estimate of drug-likeness (QED) is 0.764. The van der Waals surface area contributed by atoms with Gasteiger partial charge in [-0.1, -0.05) is 12.1 Å². The van der Waals surface area contributed by atoms with Crippen molar-refractivity contribution in [2.45, 2.75) is 6.54 Å². The number of ether oxygens (including phenoxy) is 1. The van der Waals surface area contributed by atoms with Crippen LogP contribution in [-0.2, 0) is 11.3 Å². The van der Waals surface area contributed by atoms with Gasteiger partial charge in [-0.05, 0) is 17.7 Å². The SMILES string of the molecule is COC(=O)c1ccc(Cn2cc(N)c(=O)[nH]c2=O)cc1. The molecule has 2 aromatic rings. The van der Waals surface area contributed by atoms with Crippen LogP contribution in [0.1, 0.15) is 15.9 Å². The van der Waals surface area contributed by atoms with Crippen LogP contribution in [0, 0.1) is 0 Å². The molecule has 0 aliphatic carbocycles. The van der Waals surface area contributed by atoms with Crippen LogP contribution in [0.4, 0.5) is 5.69 Å². The maximum absolute atomic E-state index is 11.6. The fourth-order valence-electron chi connectivity index (χ4n) is 1.70. The molecule has 0 bridgehead atoms. The van der Waals surface area contributed by atoms with Crippen LogP contribution < -0.4 is 17.0 Å². The average molecular weight is 275 g/mol. The molecule has 3 N–H and O–H groups in total. The number of aromatic nitrogens is 2. The molecule has 104 valence electrons. The Balaban J connectivity index is 2.27. The predicted octanol–water partition coefficient (Wildman–Crippen LogP) is -0.0463. The molecule has 7 nitrogen and oxygen atoms in total. The predicted molar refractivity (Wildman–Crippen MR) is 72.6 cm³/mol. The first-order valence-corrected chi connectivity index (χ1v) is 5.78. The van der Waals surface area contributed by atoms with Gasteiger partial charge in [-0.3, -0.25) is 14.3 Å². The van der Waals surface area contributed by atoms with Crippen molar-refractivity contribution in [2.24, 2.45) is 0 Å². The third kappa shape index (κ3) is 2.77. The molecular weight excluding hydrogens is 262 g/mol. The number of benzene rings is 1. The van der Waals surface area contributed by atoms with Gasteiger partial charge in [0.25, 0.3) is 5.56 Å². The highest BCUT2D eigenvalue weighted by molar-refractivity contribution is 5.89. The van der Waals surface area contributed by atoms with Crippen molar-refractivity contribution in [1.82, 2.24) is 9.55 Å². The minimum Gasteiger partial charge on any atom is -0.465 e. The standard InChI is InChI=1S/C13H13N3O4/c1-20-12(18)9-4-2-8(3-5-9)6-16-7-10(14)11(17)15-13(16)19/h2-5,7H,6,14H2,1H3,(H,15,17,19). The number of H-pyrrole nitrogens is 1. The number of carbonyl (C=O) groups is 1. The summed E-state index contributed by atoms with van der Waals surface area (Å²) in [5, 5.41) is 0. The van der Waals surface area contributed by atoms with Crippen LogP contribution in [0.5, 0.6) is 0 Å². The number of carbonyl (C=O) groups excluding carboxylic acids is 1. The first-order chi connectivity index (χ1) is 9.51. The lowest BCUT2D eigenvalue weighted by Crippen LogP contribution is -2.31. The number of aromatic amines is 1. The van der Waals surface area contributed by atoms with Crippen molar-refractivity contribution in [3.63, 3.8) is 0 Å². The summed E-state index contributed by atoms with van der Waals surface area (Å²) < 4.78 is 5.87. The second-order valence-electron chi connectivity index (χ2n) is 4.16. The zero-order chi connectivity index (χ0) is 14.7. The van der Waals surface area contributed by atoms with Crippen LogP contribution in [-0.4, -0.2) is 22.6 Å². The highest BCUT2D eigenvalue weighted by atomic mass is 16.5. The van der Waals surface area contributed by atoms with Gasteiger partial charge in [-0.25, -0.2) is 9.59 Å². The molecule has 0 aliphatic heterocycles. The Morgan fingerprint density at radius 2 is 1.95 bits per heavy atom. The maximum atomic E-state index is 11.6. The topological polar surface area (TPSA) is 107 Å². The second kappa shape index (κ2) is 5.43. The third-order valence-corrected chi connectivity index (χ3v) is 2.77. The maximum Gasteiger partial charge on any atom is 0.337 e. The largest absolute Gasteiger partial charge is 0.465 e. The van der Waals surface area contributed by atoms with Gasteiger partial charge in [-0.15, -0.1) is 0 Å². The molecule has 0 saturated carbocycles. The summed E-state index contributed by atoms with van der Waals surface area (Å²) in [6.45, 7) is 0.237. The van der Waals surface area contributed by atoms with Gasteiger partial charge in [0.1, 0.15) is 5.69 Å². The molecule has 1 aromatic heterocycles. The number of hydrogen-bond acceptors (Lipinski definition) is 5. The normalized spacial score (nSPS) is 10.2. The molecule has 0 unspecified atom stereocenters. The van der Waals surface area contributed by atoms with Crippen molar-refractivity contribution in [3.05, 3.63) is 62.4 Å². The smallest absolute Gasteiger partial charge is 0.337 e. The van der Waals surface area contributed by atoms with Crippen molar-refractivity contribution in [2.75, 3.05) is 12.8 Å². The number of nitrogen functional groups attached to an aromatic ring is 1. The molecule has 0 spiro atoms. The number of methoxy groups -OCH3 is 1. The molecule has 20 heavy (non-hydrogen) atoms. The number of esters is 1. The molecule has 2 rings (SSSR count). The summed E-state index contributed by atoms with van der Waals surface area (Å²) in [6, 6.07) is 6.59. The van der Waals surface area contributed by atoms with E-state index < -0.39 is 17.2 Å².